The molecule has 126 valence electrons. The molecule has 0 radical (unpaired) electrons. The van der Waals surface area contributed by atoms with E-state index < -0.39 is 0 Å². The quantitative estimate of drug-likeness (QED) is 0.822. The van der Waals surface area contributed by atoms with Gasteiger partial charge in [-0.15, -0.1) is 0 Å². The fourth-order valence-corrected chi connectivity index (χ4v) is 3.95. The van der Waals surface area contributed by atoms with Gasteiger partial charge in [0.2, 0.25) is 0 Å². The maximum Gasteiger partial charge on any atom is 0.257 e. The normalized spacial score (nSPS) is 29.3. The van der Waals surface area contributed by atoms with E-state index in [4.69, 9.17) is 4.74 Å². The molecular formula is C16H25N5O2. The second-order valence-corrected chi connectivity index (χ2v) is 6.73. The number of carbonyl (C=O) groups is 1. The van der Waals surface area contributed by atoms with Crippen LogP contribution in [0.3, 0.4) is 0 Å². The van der Waals surface area contributed by atoms with E-state index in [2.05, 4.69) is 20.4 Å². The summed E-state index contributed by atoms with van der Waals surface area (Å²) in [6.45, 7) is 7.13. The highest BCUT2D eigenvalue weighted by molar-refractivity contribution is 5.95. The zero-order valence-corrected chi connectivity index (χ0v) is 13.5. The Morgan fingerprint density at radius 1 is 1.26 bits per heavy atom. The van der Waals surface area contributed by atoms with Crippen LogP contribution in [-0.4, -0.2) is 84.4 Å². The second kappa shape index (κ2) is 6.59. The number of hydrogen-bond donors (Lipinski definition) is 2. The van der Waals surface area contributed by atoms with E-state index in [1.807, 2.05) is 4.90 Å². The summed E-state index contributed by atoms with van der Waals surface area (Å²) in [7, 11) is 0. The van der Waals surface area contributed by atoms with Crippen LogP contribution in [0, 0.1) is 0 Å². The number of ether oxygens (including phenoxy) is 1. The molecule has 4 heterocycles. The molecule has 2 N–H and O–H groups in total. The minimum Gasteiger partial charge on any atom is -0.380 e. The number of hydrogen-bond acceptors (Lipinski definition) is 5. The molecule has 3 aliphatic rings. The molecule has 3 aliphatic heterocycles. The van der Waals surface area contributed by atoms with Gasteiger partial charge in [0.1, 0.15) is 0 Å². The summed E-state index contributed by atoms with van der Waals surface area (Å²) in [5.41, 5.74) is 1.77. The highest BCUT2D eigenvalue weighted by Crippen LogP contribution is 2.25. The third-order valence-electron chi connectivity index (χ3n) is 5.39. The van der Waals surface area contributed by atoms with Crippen molar-refractivity contribution in [3.63, 3.8) is 0 Å². The summed E-state index contributed by atoms with van der Waals surface area (Å²) in [6.07, 6.45) is 3.89. The molecule has 2 unspecified atom stereocenters. The van der Waals surface area contributed by atoms with Gasteiger partial charge in [0.15, 0.2) is 0 Å². The largest absolute Gasteiger partial charge is 0.380 e. The first-order valence-electron chi connectivity index (χ1n) is 8.68. The SMILES string of the molecule is O=C(c1cn[nH]c1C1CCNC1)N1CCN(C2CCOC2)CC1. The van der Waals surface area contributed by atoms with E-state index >= 15 is 0 Å². The fraction of sp³-hybridized carbons (Fsp3) is 0.750. The molecule has 4 rings (SSSR count). The fourth-order valence-electron chi connectivity index (χ4n) is 3.95. The topological polar surface area (TPSA) is 73.5 Å². The van der Waals surface area contributed by atoms with Crippen LogP contribution >= 0.6 is 0 Å². The van der Waals surface area contributed by atoms with Crippen LogP contribution in [-0.2, 0) is 4.74 Å². The van der Waals surface area contributed by atoms with E-state index in [1.54, 1.807) is 6.20 Å². The van der Waals surface area contributed by atoms with Gasteiger partial charge in [-0.05, 0) is 19.4 Å². The number of aromatic amines is 1. The van der Waals surface area contributed by atoms with Gasteiger partial charge >= 0.3 is 0 Å². The molecule has 1 aromatic heterocycles. The van der Waals surface area contributed by atoms with Crippen LogP contribution in [0.4, 0.5) is 0 Å². The maximum atomic E-state index is 12.9. The van der Waals surface area contributed by atoms with E-state index in [9.17, 15) is 4.79 Å². The third kappa shape index (κ3) is 3.00. The van der Waals surface area contributed by atoms with Crippen molar-refractivity contribution < 1.29 is 9.53 Å². The van der Waals surface area contributed by atoms with Gasteiger partial charge in [-0.25, -0.2) is 0 Å². The summed E-state index contributed by atoms with van der Waals surface area (Å²) in [5.74, 6) is 0.511. The van der Waals surface area contributed by atoms with Crippen LogP contribution in [0.5, 0.6) is 0 Å². The van der Waals surface area contributed by atoms with E-state index in [1.165, 1.54) is 0 Å². The number of aromatic nitrogens is 2. The van der Waals surface area contributed by atoms with E-state index in [0.717, 1.165) is 76.6 Å². The Kier molecular flexibility index (Phi) is 4.33. The van der Waals surface area contributed by atoms with Crippen LogP contribution in [0.1, 0.15) is 34.8 Å². The molecule has 7 nitrogen and oxygen atoms in total. The van der Waals surface area contributed by atoms with Gasteiger partial charge in [-0.2, -0.15) is 5.10 Å². The first-order valence-corrected chi connectivity index (χ1v) is 8.68. The van der Waals surface area contributed by atoms with Gasteiger partial charge in [-0.1, -0.05) is 0 Å². The van der Waals surface area contributed by atoms with E-state index in [0.29, 0.717) is 12.0 Å². The Balaban J connectivity index is 1.39. The molecule has 0 spiro atoms. The molecule has 0 aliphatic carbocycles. The minimum absolute atomic E-state index is 0.128. The number of rotatable bonds is 3. The van der Waals surface area contributed by atoms with Gasteiger partial charge in [0, 0.05) is 51.3 Å². The third-order valence-corrected chi connectivity index (χ3v) is 5.39. The minimum atomic E-state index is 0.128. The number of H-pyrrole nitrogens is 1. The molecule has 3 fully saturated rings. The Morgan fingerprint density at radius 2 is 2.13 bits per heavy atom. The number of nitrogens with one attached hydrogen (secondary N) is 2. The van der Waals surface area contributed by atoms with Gasteiger partial charge in [0.05, 0.1) is 24.1 Å². The lowest BCUT2D eigenvalue weighted by atomic mass is 10.0. The summed E-state index contributed by atoms with van der Waals surface area (Å²) in [4.78, 5) is 17.3. The number of piperazine rings is 1. The molecule has 0 aromatic carbocycles. The van der Waals surface area contributed by atoms with Crippen molar-refractivity contribution >= 4 is 5.91 Å². The first-order chi connectivity index (χ1) is 11.3. The lowest BCUT2D eigenvalue weighted by Gasteiger charge is -2.37. The molecule has 0 bridgehead atoms. The molecule has 1 aromatic rings. The lowest BCUT2D eigenvalue weighted by Crippen LogP contribution is -2.52. The first kappa shape index (κ1) is 15.1. The van der Waals surface area contributed by atoms with Crippen LogP contribution in [0.2, 0.25) is 0 Å². The highest BCUT2D eigenvalue weighted by Gasteiger charge is 2.31. The Bertz CT molecular complexity index is 540. The van der Waals surface area contributed by atoms with Crippen molar-refractivity contribution in [2.24, 2.45) is 0 Å². The molecule has 1 amide bonds. The summed E-state index contributed by atoms with van der Waals surface area (Å²) >= 11 is 0. The summed E-state index contributed by atoms with van der Waals surface area (Å²) < 4.78 is 5.48. The molecule has 7 heteroatoms. The predicted molar refractivity (Wildman–Crippen MR) is 85.5 cm³/mol. The molecular weight excluding hydrogens is 294 g/mol. The zero-order valence-electron chi connectivity index (χ0n) is 13.5. The van der Waals surface area contributed by atoms with Crippen LogP contribution in [0.15, 0.2) is 6.20 Å². The Hall–Kier alpha value is -1.44. The Labute approximate surface area is 136 Å². The maximum absolute atomic E-state index is 12.9. The molecule has 2 atom stereocenters. The van der Waals surface area contributed by atoms with Crippen molar-refractivity contribution in [1.29, 1.82) is 0 Å². The average molecular weight is 319 g/mol. The van der Waals surface area contributed by atoms with Crippen molar-refractivity contribution in [3.05, 3.63) is 17.5 Å². The summed E-state index contributed by atoms with van der Waals surface area (Å²) in [6, 6.07) is 0.543. The van der Waals surface area contributed by atoms with E-state index in [-0.39, 0.29) is 5.91 Å². The van der Waals surface area contributed by atoms with Crippen molar-refractivity contribution in [2.45, 2.75) is 24.8 Å². The number of amides is 1. The van der Waals surface area contributed by atoms with Crippen LogP contribution in [0.25, 0.3) is 0 Å². The average Bonchev–Trinajstić information content (AvgIpc) is 3.35. The zero-order chi connectivity index (χ0) is 15.6. The van der Waals surface area contributed by atoms with Gasteiger partial charge in [0.25, 0.3) is 5.91 Å². The number of carbonyl (C=O) groups excluding carboxylic acids is 1. The second-order valence-electron chi connectivity index (χ2n) is 6.73. The monoisotopic (exact) mass is 319 g/mol. The smallest absolute Gasteiger partial charge is 0.257 e. The summed E-state index contributed by atoms with van der Waals surface area (Å²) in [5, 5.41) is 10.5. The standard InChI is InChI=1S/C16H25N5O2/c22-16(14-10-18-19-15(14)12-1-3-17-9-12)21-6-4-20(5-7-21)13-2-8-23-11-13/h10,12-13,17H,1-9,11H2,(H,18,19). The number of nitrogens with zero attached hydrogens (tertiary/aromatic N) is 3. The molecule has 0 saturated carbocycles. The van der Waals surface area contributed by atoms with Crippen molar-refractivity contribution in [2.75, 3.05) is 52.5 Å². The Morgan fingerprint density at radius 3 is 2.83 bits per heavy atom. The molecule has 23 heavy (non-hydrogen) atoms. The predicted octanol–water partition coefficient (Wildman–Crippen LogP) is 0.0333. The lowest BCUT2D eigenvalue weighted by molar-refractivity contribution is 0.0548. The van der Waals surface area contributed by atoms with Gasteiger partial charge < -0.3 is 15.0 Å². The van der Waals surface area contributed by atoms with Gasteiger partial charge in [-0.3, -0.25) is 14.8 Å². The highest BCUT2D eigenvalue weighted by atomic mass is 16.5. The van der Waals surface area contributed by atoms with Crippen molar-refractivity contribution in [3.8, 4) is 0 Å². The van der Waals surface area contributed by atoms with Crippen LogP contribution < -0.4 is 5.32 Å². The van der Waals surface area contributed by atoms with Crippen molar-refractivity contribution in [1.82, 2.24) is 25.3 Å². The molecule has 3 saturated heterocycles.